The van der Waals surface area contributed by atoms with E-state index >= 15 is 0 Å². The maximum Gasteiger partial charge on any atom is 0.338 e. The summed E-state index contributed by atoms with van der Waals surface area (Å²) in [7, 11) is 1.28. The van der Waals surface area contributed by atoms with Crippen molar-refractivity contribution in [2.45, 2.75) is 13.0 Å². The number of ether oxygens (including phenoxy) is 1. The van der Waals surface area contributed by atoms with Crippen LogP contribution in [0.4, 0.5) is 5.69 Å². The number of nitrogens with zero attached hydrogens (tertiary/aromatic N) is 3. The molecule has 1 aliphatic rings. The highest BCUT2D eigenvalue weighted by Crippen LogP contribution is 2.32. The maximum atomic E-state index is 13.6. The molecular weight excluding hydrogens is 518 g/mol. The second kappa shape index (κ2) is 9.64. The SMILES string of the molecule is COC(=O)C1=C(C)N=c2s/c(=C\c3ccc(-c4ccccc4[N+](=O)[O-])o3)c(=O)n2[C@H]1c1ccc(Cl)cc1. The first-order chi connectivity index (χ1) is 17.8. The largest absolute Gasteiger partial charge is 0.466 e. The molecule has 0 saturated heterocycles. The molecule has 0 N–H and O–H groups in total. The molecule has 11 heteroatoms. The molecule has 37 heavy (non-hydrogen) atoms. The predicted octanol–water partition coefficient (Wildman–Crippen LogP) is 4.23. The quantitative estimate of drug-likeness (QED) is 0.214. The van der Waals surface area contributed by atoms with Gasteiger partial charge in [0.15, 0.2) is 4.80 Å². The van der Waals surface area contributed by atoms with Crippen LogP contribution in [0.2, 0.25) is 5.02 Å². The van der Waals surface area contributed by atoms with Crippen LogP contribution >= 0.6 is 22.9 Å². The van der Waals surface area contributed by atoms with Gasteiger partial charge in [0.25, 0.3) is 11.2 Å². The number of esters is 1. The lowest BCUT2D eigenvalue weighted by Crippen LogP contribution is -2.39. The van der Waals surface area contributed by atoms with Crippen LogP contribution in [-0.2, 0) is 9.53 Å². The number of nitro groups is 1. The van der Waals surface area contributed by atoms with E-state index in [0.29, 0.717) is 42.7 Å². The Hall–Kier alpha value is -4.28. The van der Waals surface area contributed by atoms with Gasteiger partial charge in [-0.1, -0.05) is 47.2 Å². The summed E-state index contributed by atoms with van der Waals surface area (Å²) in [5.41, 5.74) is 1.23. The Morgan fingerprint density at radius 1 is 1.19 bits per heavy atom. The van der Waals surface area contributed by atoms with Gasteiger partial charge in [0.05, 0.1) is 39.4 Å². The highest BCUT2D eigenvalue weighted by atomic mass is 35.5. The van der Waals surface area contributed by atoms with E-state index in [2.05, 4.69) is 4.99 Å². The molecule has 9 nitrogen and oxygen atoms in total. The lowest BCUT2D eigenvalue weighted by atomic mass is 9.96. The molecule has 1 aliphatic heterocycles. The van der Waals surface area contributed by atoms with Crippen LogP contribution in [-0.4, -0.2) is 22.6 Å². The van der Waals surface area contributed by atoms with Crippen LogP contribution in [0, 0.1) is 10.1 Å². The van der Waals surface area contributed by atoms with E-state index < -0.39 is 16.9 Å². The van der Waals surface area contributed by atoms with E-state index in [4.69, 9.17) is 20.8 Å². The lowest BCUT2D eigenvalue weighted by Gasteiger charge is -2.24. The first-order valence-corrected chi connectivity index (χ1v) is 12.2. The Labute approximate surface area is 218 Å². The number of fused-ring (bicyclic) bond motifs is 1. The van der Waals surface area contributed by atoms with Gasteiger partial charge < -0.3 is 9.15 Å². The molecular formula is C26H18ClN3O6S. The van der Waals surface area contributed by atoms with Gasteiger partial charge in [0.2, 0.25) is 0 Å². The molecule has 0 unspecified atom stereocenters. The van der Waals surface area contributed by atoms with Crippen LogP contribution < -0.4 is 14.9 Å². The number of methoxy groups -OCH3 is 1. The lowest BCUT2D eigenvalue weighted by molar-refractivity contribution is -0.384. The number of furan rings is 1. The molecule has 4 aromatic rings. The molecule has 0 radical (unpaired) electrons. The average molecular weight is 536 g/mol. The molecule has 0 fully saturated rings. The molecule has 186 valence electrons. The van der Waals surface area contributed by atoms with Crippen molar-refractivity contribution in [3.05, 3.63) is 118 Å². The highest BCUT2D eigenvalue weighted by molar-refractivity contribution is 7.07. The number of hydrogen-bond acceptors (Lipinski definition) is 8. The van der Waals surface area contributed by atoms with Crippen molar-refractivity contribution in [2.75, 3.05) is 7.11 Å². The number of hydrogen-bond donors (Lipinski definition) is 0. The van der Waals surface area contributed by atoms with E-state index in [1.54, 1.807) is 67.6 Å². The average Bonchev–Trinajstić information content (AvgIpc) is 3.47. The van der Waals surface area contributed by atoms with Crippen molar-refractivity contribution in [2.24, 2.45) is 4.99 Å². The number of allylic oxidation sites excluding steroid dienone is 1. The molecule has 0 aliphatic carbocycles. The van der Waals surface area contributed by atoms with Crippen molar-refractivity contribution in [3.63, 3.8) is 0 Å². The summed E-state index contributed by atoms with van der Waals surface area (Å²) in [6.45, 7) is 1.69. The molecule has 5 rings (SSSR count). The molecule has 0 spiro atoms. The zero-order valence-electron chi connectivity index (χ0n) is 19.5. The first kappa shape index (κ1) is 24.4. The molecule has 2 aromatic carbocycles. The fourth-order valence-electron chi connectivity index (χ4n) is 4.20. The summed E-state index contributed by atoms with van der Waals surface area (Å²) in [5.74, 6) is 0.0511. The van der Waals surface area contributed by atoms with Gasteiger partial charge in [-0.2, -0.15) is 0 Å². The zero-order valence-corrected chi connectivity index (χ0v) is 21.1. The third-order valence-corrected chi connectivity index (χ3v) is 7.11. The standard InChI is InChI=1S/C26H18ClN3O6S/c1-14-22(25(32)35-2)23(15-7-9-16(27)10-8-15)29-24(31)21(37-26(29)28-14)13-17-11-12-20(36-17)18-5-3-4-6-19(18)30(33)34/h3-13,23H,1-2H3/b21-13-/t23-/m0/s1. The smallest absolute Gasteiger partial charge is 0.338 e. The van der Waals surface area contributed by atoms with E-state index in [1.807, 2.05) is 0 Å². The third-order valence-electron chi connectivity index (χ3n) is 5.88. The van der Waals surface area contributed by atoms with Gasteiger partial charge in [-0.25, -0.2) is 9.79 Å². The van der Waals surface area contributed by atoms with Crippen molar-refractivity contribution in [1.29, 1.82) is 0 Å². The fraction of sp³-hybridized carbons (Fsp3) is 0.115. The number of nitro benzene ring substituents is 1. The normalized spacial score (nSPS) is 15.3. The summed E-state index contributed by atoms with van der Waals surface area (Å²) in [4.78, 5) is 42.1. The number of rotatable bonds is 5. The Morgan fingerprint density at radius 3 is 2.62 bits per heavy atom. The number of carbonyl (C=O) groups excluding carboxylic acids is 1. The predicted molar refractivity (Wildman–Crippen MR) is 138 cm³/mol. The molecule has 0 bridgehead atoms. The number of benzene rings is 2. The summed E-state index contributed by atoms with van der Waals surface area (Å²) in [5, 5.41) is 11.9. The van der Waals surface area contributed by atoms with Gasteiger partial charge in [-0.3, -0.25) is 19.5 Å². The van der Waals surface area contributed by atoms with Crippen molar-refractivity contribution in [1.82, 2.24) is 4.57 Å². The van der Waals surface area contributed by atoms with Gasteiger partial charge in [0.1, 0.15) is 11.5 Å². The Bertz CT molecular complexity index is 1760. The maximum absolute atomic E-state index is 13.6. The second-order valence-electron chi connectivity index (χ2n) is 8.10. The minimum absolute atomic E-state index is 0.0865. The second-order valence-corrected chi connectivity index (χ2v) is 9.55. The number of halogens is 1. The van der Waals surface area contributed by atoms with Crippen molar-refractivity contribution in [3.8, 4) is 11.3 Å². The van der Waals surface area contributed by atoms with E-state index in [0.717, 1.165) is 11.3 Å². The van der Waals surface area contributed by atoms with Crippen LogP contribution in [0.15, 0.2) is 86.1 Å². The monoisotopic (exact) mass is 535 g/mol. The Kier molecular flexibility index (Phi) is 6.36. The van der Waals surface area contributed by atoms with E-state index in [-0.39, 0.29) is 16.8 Å². The molecule has 0 amide bonds. The molecule has 3 heterocycles. The molecule has 1 atom stereocenters. The van der Waals surface area contributed by atoms with Crippen LogP contribution in [0.5, 0.6) is 0 Å². The summed E-state index contributed by atoms with van der Waals surface area (Å²) < 4.78 is 12.6. The van der Waals surface area contributed by atoms with Gasteiger partial charge in [-0.15, -0.1) is 0 Å². The van der Waals surface area contributed by atoms with E-state index in [1.165, 1.54) is 17.7 Å². The highest BCUT2D eigenvalue weighted by Gasteiger charge is 2.33. The summed E-state index contributed by atoms with van der Waals surface area (Å²) in [6.07, 6.45) is 1.55. The minimum atomic E-state index is -0.762. The molecule has 2 aromatic heterocycles. The number of thiazole rings is 1. The van der Waals surface area contributed by atoms with E-state index in [9.17, 15) is 19.7 Å². The van der Waals surface area contributed by atoms with Crippen molar-refractivity contribution < 1.29 is 18.9 Å². The third kappa shape index (κ3) is 4.41. The van der Waals surface area contributed by atoms with Gasteiger partial charge in [-0.05, 0) is 42.8 Å². The minimum Gasteiger partial charge on any atom is -0.466 e. The van der Waals surface area contributed by atoms with Crippen molar-refractivity contribution >= 4 is 40.7 Å². The topological polar surface area (TPSA) is 117 Å². The van der Waals surface area contributed by atoms with Gasteiger partial charge >= 0.3 is 5.97 Å². The van der Waals surface area contributed by atoms with Crippen LogP contribution in [0.25, 0.3) is 17.4 Å². The van der Waals surface area contributed by atoms with Gasteiger partial charge in [0, 0.05) is 17.2 Å². The Balaban J connectivity index is 1.64. The zero-order chi connectivity index (χ0) is 26.3. The fourth-order valence-corrected chi connectivity index (χ4v) is 5.35. The summed E-state index contributed by atoms with van der Waals surface area (Å²) in [6, 6.07) is 15.6. The number of carbonyl (C=O) groups is 1. The summed E-state index contributed by atoms with van der Waals surface area (Å²) >= 11 is 7.21. The van der Waals surface area contributed by atoms with Crippen LogP contribution in [0.1, 0.15) is 24.3 Å². The molecule has 0 saturated carbocycles. The van der Waals surface area contributed by atoms with Crippen LogP contribution in [0.3, 0.4) is 0 Å². The number of aromatic nitrogens is 1. The number of para-hydroxylation sites is 1. The Morgan fingerprint density at radius 2 is 1.92 bits per heavy atom. The first-order valence-electron chi connectivity index (χ1n) is 11.0.